The molecule has 3 amide bonds. The molecule has 2 aromatic rings. The van der Waals surface area contributed by atoms with Crippen molar-refractivity contribution >= 4 is 23.9 Å². The highest BCUT2D eigenvalue weighted by Crippen LogP contribution is 2.29. The second-order valence-corrected chi connectivity index (χ2v) is 10.9. The minimum atomic E-state index is -1.01. The molecule has 4 N–H and O–H groups in total. The second kappa shape index (κ2) is 15.2. The number of esters is 1. The Morgan fingerprint density at radius 2 is 1.64 bits per heavy atom. The molecular weight excluding hydrogens is 538 g/mol. The molecule has 1 heterocycles. The van der Waals surface area contributed by atoms with Gasteiger partial charge in [0, 0.05) is 6.42 Å². The SMILES string of the molecule is O=C(CC1CC=CCC(NC(=O)OCc2ccccc2)C(=O)OCC(c2ccccc2)NC1=O)NC1(CO)CCCC1. The van der Waals surface area contributed by atoms with Gasteiger partial charge in [0.15, 0.2) is 0 Å². The van der Waals surface area contributed by atoms with Crippen LogP contribution in [0.25, 0.3) is 0 Å². The van der Waals surface area contributed by atoms with Crippen molar-refractivity contribution in [3.63, 3.8) is 0 Å². The van der Waals surface area contributed by atoms with Crippen LogP contribution in [-0.4, -0.2) is 53.8 Å². The summed E-state index contributed by atoms with van der Waals surface area (Å²) in [5, 5.41) is 18.4. The number of hydrogen-bond donors (Lipinski definition) is 4. The van der Waals surface area contributed by atoms with Crippen LogP contribution in [0.5, 0.6) is 0 Å². The number of alkyl carbamates (subject to hydrolysis) is 1. The first-order valence-corrected chi connectivity index (χ1v) is 14.4. The number of carbonyl (C=O) groups excluding carboxylic acids is 4. The Labute approximate surface area is 245 Å². The molecule has 224 valence electrons. The molecule has 10 heteroatoms. The first kappa shape index (κ1) is 30.8. The molecule has 42 heavy (non-hydrogen) atoms. The van der Waals surface area contributed by atoms with E-state index in [0.717, 1.165) is 24.0 Å². The third kappa shape index (κ3) is 8.91. The van der Waals surface area contributed by atoms with Crippen LogP contribution in [-0.2, 0) is 30.5 Å². The van der Waals surface area contributed by atoms with E-state index >= 15 is 0 Å². The van der Waals surface area contributed by atoms with Gasteiger partial charge in [-0.3, -0.25) is 9.59 Å². The van der Waals surface area contributed by atoms with Gasteiger partial charge < -0.3 is 30.5 Å². The number of aliphatic hydroxyl groups is 1. The lowest BCUT2D eigenvalue weighted by molar-refractivity contribution is -0.147. The van der Waals surface area contributed by atoms with Crippen LogP contribution in [0.15, 0.2) is 72.8 Å². The third-order valence-electron chi connectivity index (χ3n) is 7.73. The van der Waals surface area contributed by atoms with E-state index in [1.807, 2.05) is 60.7 Å². The van der Waals surface area contributed by atoms with Crippen molar-refractivity contribution in [1.82, 2.24) is 16.0 Å². The Kier molecular flexibility index (Phi) is 11.1. The van der Waals surface area contributed by atoms with E-state index in [0.29, 0.717) is 12.8 Å². The fraction of sp³-hybridized carbons (Fsp3) is 0.438. The summed E-state index contributed by atoms with van der Waals surface area (Å²) in [6, 6.07) is 16.6. The zero-order valence-electron chi connectivity index (χ0n) is 23.6. The maximum Gasteiger partial charge on any atom is 0.408 e. The molecule has 0 saturated heterocycles. The van der Waals surface area contributed by atoms with Crippen molar-refractivity contribution in [1.29, 1.82) is 0 Å². The number of hydrogen-bond acceptors (Lipinski definition) is 7. The van der Waals surface area contributed by atoms with E-state index in [9.17, 15) is 24.3 Å². The average Bonchev–Trinajstić information content (AvgIpc) is 3.47. The number of ether oxygens (including phenoxy) is 2. The number of aliphatic hydroxyl groups excluding tert-OH is 1. The summed E-state index contributed by atoms with van der Waals surface area (Å²) >= 11 is 0. The van der Waals surface area contributed by atoms with Gasteiger partial charge in [-0.05, 0) is 36.8 Å². The van der Waals surface area contributed by atoms with E-state index < -0.39 is 35.6 Å². The third-order valence-corrected chi connectivity index (χ3v) is 7.73. The van der Waals surface area contributed by atoms with Crippen LogP contribution in [0.3, 0.4) is 0 Å². The van der Waals surface area contributed by atoms with Gasteiger partial charge >= 0.3 is 12.1 Å². The molecular formula is C32H39N3O7. The lowest BCUT2D eigenvalue weighted by atomic mass is 9.94. The lowest BCUT2D eigenvalue weighted by Crippen LogP contribution is -2.50. The van der Waals surface area contributed by atoms with Gasteiger partial charge in [-0.1, -0.05) is 85.7 Å². The number of cyclic esters (lactones) is 1. The molecule has 0 radical (unpaired) electrons. The Morgan fingerprint density at radius 1 is 0.976 bits per heavy atom. The topological polar surface area (TPSA) is 143 Å². The molecule has 0 aromatic heterocycles. The quantitative estimate of drug-likeness (QED) is 0.278. The normalized spacial score (nSPS) is 22.5. The van der Waals surface area contributed by atoms with Gasteiger partial charge in [-0.2, -0.15) is 0 Å². The zero-order chi connectivity index (χ0) is 29.8. The summed E-state index contributed by atoms with van der Waals surface area (Å²) in [7, 11) is 0. The Balaban J connectivity index is 1.47. The smallest absolute Gasteiger partial charge is 0.408 e. The molecule has 3 atom stereocenters. The van der Waals surface area contributed by atoms with Crippen LogP contribution in [0.4, 0.5) is 4.79 Å². The lowest BCUT2D eigenvalue weighted by Gasteiger charge is -2.29. The highest BCUT2D eigenvalue weighted by Gasteiger charge is 2.36. The highest BCUT2D eigenvalue weighted by molar-refractivity contribution is 5.86. The Hall–Kier alpha value is -4.18. The average molecular weight is 578 g/mol. The number of carbonyl (C=O) groups is 4. The van der Waals surface area contributed by atoms with Crippen LogP contribution >= 0.6 is 0 Å². The van der Waals surface area contributed by atoms with Gasteiger partial charge in [-0.25, -0.2) is 9.59 Å². The van der Waals surface area contributed by atoms with Crippen LogP contribution in [0.1, 0.15) is 62.1 Å². The predicted octanol–water partition coefficient (Wildman–Crippen LogP) is 3.46. The van der Waals surface area contributed by atoms with E-state index in [1.54, 1.807) is 12.2 Å². The maximum atomic E-state index is 13.4. The standard InChI is InChI=1S/C32H39N3O7/c36-22-32(17-9-10-18-32)35-28(37)19-25-15-7-8-16-26(34-31(40)42-20-23-11-3-1-4-12-23)30(39)41-21-27(33-29(25)38)24-13-5-2-6-14-24/h1-8,11-14,25-27,36H,9-10,15-22H2,(H,33,38)(H,34,40)(H,35,37). The van der Waals surface area contributed by atoms with Gasteiger partial charge in [0.2, 0.25) is 11.8 Å². The molecule has 3 unspecified atom stereocenters. The van der Waals surface area contributed by atoms with Crippen LogP contribution in [0.2, 0.25) is 0 Å². The zero-order valence-corrected chi connectivity index (χ0v) is 23.6. The molecule has 2 aliphatic rings. The van der Waals surface area contributed by atoms with Crippen molar-refractivity contribution in [2.45, 2.75) is 69.2 Å². The number of nitrogens with one attached hydrogen (secondary N) is 3. The molecule has 10 nitrogen and oxygen atoms in total. The Bertz CT molecular complexity index is 1230. The van der Waals surface area contributed by atoms with Crippen molar-refractivity contribution < 1.29 is 33.8 Å². The highest BCUT2D eigenvalue weighted by atomic mass is 16.6. The second-order valence-electron chi connectivity index (χ2n) is 10.9. The van der Waals surface area contributed by atoms with Crippen molar-refractivity contribution in [2.75, 3.05) is 13.2 Å². The molecule has 2 aromatic carbocycles. The molecule has 4 rings (SSSR count). The summed E-state index contributed by atoms with van der Waals surface area (Å²) in [6.45, 7) is -0.255. The minimum Gasteiger partial charge on any atom is -0.462 e. The molecule has 0 bridgehead atoms. The molecule has 1 saturated carbocycles. The number of allylic oxidation sites excluding steroid dienone is 1. The van der Waals surface area contributed by atoms with E-state index in [1.165, 1.54) is 0 Å². The minimum absolute atomic E-state index is 0.0493. The van der Waals surface area contributed by atoms with Gasteiger partial charge in [0.1, 0.15) is 19.3 Å². The number of rotatable bonds is 8. The van der Waals surface area contributed by atoms with Gasteiger partial charge in [0.25, 0.3) is 0 Å². The predicted molar refractivity (Wildman–Crippen MR) is 155 cm³/mol. The maximum absolute atomic E-state index is 13.4. The fourth-order valence-corrected chi connectivity index (χ4v) is 5.30. The van der Waals surface area contributed by atoms with E-state index in [2.05, 4.69) is 16.0 Å². The van der Waals surface area contributed by atoms with Crippen LogP contribution < -0.4 is 16.0 Å². The summed E-state index contributed by atoms with van der Waals surface area (Å²) < 4.78 is 10.9. The first-order chi connectivity index (χ1) is 20.4. The largest absolute Gasteiger partial charge is 0.462 e. The summed E-state index contributed by atoms with van der Waals surface area (Å²) in [6.07, 6.45) is 6.22. The Morgan fingerprint density at radius 3 is 2.33 bits per heavy atom. The molecule has 1 aliphatic carbocycles. The van der Waals surface area contributed by atoms with Crippen LogP contribution in [0, 0.1) is 5.92 Å². The van der Waals surface area contributed by atoms with Crippen molar-refractivity contribution in [2.24, 2.45) is 5.92 Å². The van der Waals surface area contributed by atoms with Crippen molar-refractivity contribution in [3.05, 3.63) is 83.9 Å². The van der Waals surface area contributed by atoms with E-state index in [-0.39, 0.29) is 50.9 Å². The van der Waals surface area contributed by atoms with Gasteiger partial charge in [-0.15, -0.1) is 0 Å². The summed E-state index contributed by atoms with van der Waals surface area (Å²) in [5.41, 5.74) is 0.901. The monoisotopic (exact) mass is 577 g/mol. The molecule has 0 spiro atoms. The fourth-order valence-electron chi connectivity index (χ4n) is 5.30. The summed E-state index contributed by atoms with van der Waals surface area (Å²) in [4.78, 5) is 52.0. The van der Waals surface area contributed by atoms with Gasteiger partial charge in [0.05, 0.1) is 24.1 Å². The molecule has 1 aliphatic heterocycles. The number of benzene rings is 2. The van der Waals surface area contributed by atoms with Crippen molar-refractivity contribution in [3.8, 4) is 0 Å². The first-order valence-electron chi connectivity index (χ1n) is 14.4. The molecule has 1 fully saturated rings. The number of amides is 3. The van der Waals surface area contributed by atoms with E-state index in [4.69, 9.17) is 9.47 Å². The summed E-state index contributed by atoms with van der Waals surface area (Å²) in [5.74, 6) is -1.99.